The van der Waals surface area contributed by atoms with E-state index in [-0.39, 0.29) is 6.04 Å². The van der Waals surface area contributed by atoms with E-state index in [1.807, 2.05) is 13.8 Å². The second-order valence-corrected chi connectivity index (χ2v) is 3.92. The van der Waals surface area contributed by atoms with Crippen molar-refractivity contribution in [2.45, 2.75) is 39.2 Å². The van der Waals surface area contributed by atoms with Gasteiger partial charge in [0.2, 0.25) is 5.69 Å². The summed E-state index contributed by atoms with van der Waals surface area (Å²) < 4.78 is 26.5. The van der Waals surface area contributed by atoms with Crippen LogP contribution in [0.5, 0.6) is 0 Å². The molecule has 0 unspecified atom stereocenters. The van der Waals surface area contributed by atoms with Crippen LogP contribution in [0.25, 0.3) is 0 Å². The van der Waals surface area contributed by atoms with E-state index in [2.05, 4.69) is 10.4 Å². The Morgan fingerprint density at radius 2 is 2.05 bits per heavy atom. The highest BCUT2D eigenvalue weighted by Gasteiger charge is 2.29. The molecule has 1 aromatic heterocycles. The van der Waals surface area contributed by atoms with Crippen molar-refractivity contribution in [1.82, 2.24) is 15.1 Å². The Balaban J connectivity index is 0.000000861. The highest BCUT2D eigenvalue weighted by Crippen LogP contribution is 2.30. The van der Waals surface area contributed by atoms with Crippen molar-refractivity contribution >= 4 is 5.69 Å². The molecular formula is C11H18F2N4O2. The maximum absolute atomic E-state index is 12.6. The average molecular weight is 276 g/mol. The van der Waals surface area contributed by atoms with Crippen LogP contribution in [-0.2, 0) is 0 Å². The molecule has 0 radical (unpaired) electrons. The van der Waals surface area contributed by atoms with Gasteiger partial charge in [-0.1, -0.05) is 13.8 Å². The van der Waals surface area contributed by atoms with Crippen molar-refractivity contribution in [2.24, 2.45) is 0 Å². The Bertz CT molecular complexity index is 417. The number of piperidine rings is 1. The van der Waals surface area contributed by atoms with E-state index >= 15 is 0 Å². The van der Waals surface area contributed by atoms with E-state index in [0.29, 0.717) is 0 Å². The van der Waals surface area contributed by atoms with Gasteiger partial charge in [-0.2, -0.15) is 5.10 Å². The topological polar surface area (TPSA) is 73.0 Å². The van der Waals surface area contributed by atoms with Crippen molar-refractivity contribution < 1.29 is 13.7 Å². The fraction of sp³-hybridized carbons (Fsp3) is 0.727. The first-order valence-corrected chi connectivity index (χ1v) is 6.32. The molecule has 0 saturated carbocycles. The van der Waals surface area contributed by atoms with E-state index in [1.54, 1.807) is 0 Å². The van der Waals surface area contributed by atoms with Gasteiger partial charge in [-0.05, 0) is 25.9 Å². The summed E-state index contributed by atoms with van der Waals surface area (Å²) in [5.41, 5.74) is -1.34. The summed E-state index contributed by atoms with van der Waals surface area (Å²) in [7, 11) is 0. The second-order valence-electron chi connectivity index (χ2n) is 3.92. The maximum atomic E-state index is 12.6. The van der Waals surface area contributed by atoms with E-state index in [9.17, 15) is 18.9 Å². The fourth-order valence-electron chi connectivity index (χ4n) is 1.95. The first kappa shape index (κ1) is 15.5. The normalized spacial score (nSPS) is 16.1. The molecule has 2 rings (SSSR count). The number of hydrogen-bond donors (Lipinski definition) is 1. The molecule has 6 nitrogen and oxygen atoms in total. The summed E-state index contributed by atoms with van der Waals surface area (Å²) >= 11 is 0. The quantitative estimate of drug-likeness (QED) is 0.680. The third kappa shape index (κ3) is 3.69. The third-order valence-electron chi connectivity index (χ3n) is 2.83. The Morgan fingerprint density at radius 3 is 2.47 bits per heavy atom. The summed E-state index contributed by atoms with van der Waals surface area (Å²) in [6.45, 7) is 5.53. The van der Waals surface area contributed by atoms with E-state index < -0.39 is 22.7 Å². The molecule has 108 valence electrons. The van der Waals surface area contributed by atoms with Crippen LogP contribution in [0.2, 0.25) is 0 Å². The van der Waals surface area contributed by atoms with Crippen LogP contribution in [0.3, 0.4) is 0 Å². The molecule has 0 atom stereocenters. The van der Waals surface area contributed by atoms with Crippen molar-refractivity contribution in [3.05, 3.63) is 22.0 Å². The second kappa shape index (κ2) is 7.13. The minimum Gasteiger partial charge on any atom is -0.317 e. The van der Waals surface area contributed by atoms with Crippen molar-refractivity contribution in [3.8, 4) is 0 Å². The molecule has 1 saturated heterocycles. The van der Waals surface area contributed by atoms with Gasteiger partial charge in [0.05, 0.1) is 11.0 Å². The van der Waals surface area contributed by atoms with Gasteiger partial charge in [0.15, 0.2) is 0 Å². The molecule has 1 N–H and O–H groups in total. The molecule has 0 amide bonds. The van der Waals surface area contributed by atoms with Gasteiger partial charge in [0.1, 0.15) is 6.20 Å². The molecule has 1 aliphatic heterocycles. The standard InChI is InChI=1S/C9H12F2N4O2.C2H6/c10-9(11)8-7(15(16)17)5-14(13-8)6-1-3-12-4-2-6;1-2/h5-6,9,12H,1-4H2;1-2H3. The molecule has 1 aromatic rings. The molecular weight excluding hydrogens is 258 g/mol. The van der Waals surface area contributed by atoms with Gasteiger partial charge in [-0.25, -0.2) is 8.78 Å². The largest absolute Gasteiger partial charge is 0.317 e. The minimum atomic E-state index is -2.92. The van der Waals surface area contributed by atoms with Crippen LogP contribution >= 0.6 is 0 Å². The van der Waals surface area contributed by atoms with Gasteiger partial charge in [0.25, 0.3) is 6.43 Å². The number of aromatic nitrogens is 2. The molecule has 0 spiro atoms. The summed E-state index contributed by atoms with van der Waals surface area (Å²) in [4.78, 5) is 9.82. The number of rotatable bonds is 3. The van der Waals surface area contributed by atoms with Crippen molar-refractivity contribution in [2.75, 3.05) is 13.1 Å². The Hall–Kier alpha value is -1.57. The molecule has 0 bridgehead atoms. The predicted octanol–water partition coefficient (Wildman–Crippen LogP) is 2.68. The molecule has 1 aliphatic rings. The average Bonchev–Trinajstić information content (AvgIpc) is 2.87. The molecule has 8 heteroatoms. The molecule has 1 fully saturated rings. The summed E-state index contributed by atoms with van der Waals surface area (Å²) in [6.07, 6.45) is -0.334. The number of nitrogens with one attached hydrogen (secondary N) is 1. The van der Waals surface area contributed by atoms with E-state index in [0.717, 1.165) is 32.1 Å². The molecule has 0 aromatic carbocycles. The smallest absolute Gasteiger partial charge is 0.316 e. The summed E-state index contributed by atoms with van der Waals surface area (Å²) in [5.74, 6) is 0. The number of nitrogens with zero attached hydrogens (tertiary/aromatic N) is 3. The lowest BCUT2D eigenvalue weighted by atomic mass is 10.1. The van der Waals surface area contributed by atoms with Gasteiger partial charge in [0, 0.05) is 0 Å². The molecule has 19 heavy (non-hydrogen) atoms. The van der Waals surface area contributed by atoms with Crippen LogP contribution in [-0.4, -0.2) is 27.8 Å². The third-order valence-corrected chi connectivity index (χ3v) is 2.83. The number of hydrogen-bond acceptors (Lipinski definition) is 4. The first-order valence-electron chi connectivity index (χ1n) is 6.32. The lowest BCUT2D eigenvalue weighted by Crippen LogP contribution is -2.29. The van der Waals surface area contributed by atoms with Gasteiger partial charge in [-0.3, -0.25) is 14.8 Å². The Morgan fingerprint density at radius 1 is 1.47 bits per heavy atom. The number of nitro groups is 1. The Labute approximate surface area is 109 Å². The van der Waals surface area contributed by atoms with E-state index in [4.69, 9.17) is 0 Å². The fourth-order valence-corrected chi connectivity index (χ4v) is 1.95. The monoisotopic (exact) mass is 276 g/mol. The zero-order valence-corrected chi connectivity index (χ0v) is 11.0. The number of halogens is 2. The summed E-state index contributed by atoms with van der Waals surface area (Å²) in [5, 5.41) is 17.4. The van der Waals surface area contributed by atoms with Crippen LogP contribution in [0.4, 0.5) is 14.5 Å². The van der Waals surface area contributed by atoms with Crippen molar-refractivity contribution in [3.63, 3.8) is 0 Å². The highest BCUT2D eigenvalue weighted by molar-refractivity contribution is 5.33. The van der Waals surface area contributed by atoms with Gasteiger partial charge < -0.3 is 5.32 Å². The van der Waals surface area contributed by atoms with Gasteiger partial charge >= 0.3 is 5.69 Å². The van der Waals surface area contributed by atoms with Crippen molar-refractivity contribution in [1.29, 1.82) is 0 Å². The maximum Gasteiger partial charge on any atom is 0.316 e. The van der Waals surface area contributed by atoms with Crippen LogP contribution in [0.15, 0.2) is 6.20 Å². The zero-order valence-electron chi connectivity index (χ0n) is 11.0. The SMILES string of the molecule is CC.O=[N+]([O-])c1cn(C2CCNCC2)nc1C(F)F. The van der Waals surface area contributed by atoms with Crippen LogP contribution in [0.1, 0.15) is 44.9 Å². The predicted molar refractivity (Wildman–Crippen MR) is 66.3 cm³/mol. The minimum absolute atomic E-state index is 0.0394. The van der Waals surface area contributed by atoms with E-state index in [1.165, 1.54) is 4.68 Å². The first-order chi connectivity index (χ1) is 9.09. The number of alkyl halides is 2. The Kier molecular flexibility index (Phi) is 5.81. The molecule has 2 heterocycles. The zero-order chi connectivity index (χ0) is 14.4. The lowest BCUT2D eigenvalue weighted by molar-refractivity contribution is -0.386. The highest BCUT2D eigenvalue weighted by atomic mass is 19.3. The molecule has 0 aliphatic carbocycles. The lowest BCUT2D eigenvalue weighted by Gasteiger charge is -2.22. The van der Waals surface area contributed by atoms with Crippen LogP contribution < -0.4 is 5.32 Å². The summed E-state index contributed by atoms with van der Waals surface area (Å²) in [6, 6.07) is -0.0394. The van der Waals surface area contributed by atoms with Crippen LogP contribution in [0, 0.1) is 10.1 Å². The van der Waals surface area contributed by atoms with Gasteiger partial charge in [-0.15, -0.1) is 0 Å².